The zero-order chi connectivity index (χ0) is 48.6. The van der Waals surface area contributed by atoms with Crippen LogP contribution in [0.1, 0.15) is 239 Å². The highest BCUT2D eigenvalue weighted by molar-refractivity contribution is 5.71. The van der Waals surface area contributed by atoms with Crippen molar-refractivity contribution in [1.82, 2.24) is 0 Å². The third kappa shape index (κ3) is 52.9. The van der Waals surface area contributed by atoms with Gasteiger partial charge in [0.25, 0.3) is 0 Å². The van der Waals surface area contributed by atoms with Gasteiger partial charge in [-0.1, -0.05) is 207 Å². The summed E-state index contributed by atoms with van der Waals surface area (Å²) in [5.74, 6) is -0.970. The molecule has 0 aliphatic carbocycles. The van der Waals surface area contributed by atoms with Crippen LogP contribution in [0.15, 0.2) is 109 Å². The lowest BCUT2D eigenvalue weighted by atomic mass is 10.1. The summed E-state index contributed by atoms with van der Waals surface area (Å²) in [6.07, 6.45) is 73.6. The van der Waals surface area contributed by atoms with E-state index in [2.05, 4.69) is 130 Å². The first-order valence-corrected chi connectivity index (χ1v) is 27.4. The van der Waals surface area contributed by atoms with Crippen LogP contribution in [0.25, 0.3) is 0 Å². The van der Waals surface area contributed by atoms with Crippen molar-refractivity contribution in [3.63, 3.8) is 0 Å². The summed E-state index contributed by atoms with van der Waals surface area (Å²) < 4.78 is 16.8. The van der Waals surface area contributed by atoms with E-state index in [0.717, 1.165) is 122 Å². The topological polar surface area (TPSA) is 78.9 Å². The fourth-order valence-electron chi connectivity index (χ4n) is 7.18. The van der Waals surface area contributed by atoms with E-state index in [9.17, 15) is 14.4 Å². The normalized spacial score (nSPS) is 12.9. The maximum atomic E-state index is 12.8. The highest BCUT2D eigenvalue weighted by atomic mass is 16.6. The second kappa shape index (κ2) is 54.7. The van der Waals surface area contributed by atoms with Gasteiger partial charge in [0, 0.05) is 19.3 Å². The minimum atomic E-state index is -0.811. The Morgan fingerprint density at radius 2 is 0.582 bits per heavy atom. The lowest BCUT2D eigenvalue weighted by Gasteiger charge is -2.18. The molecule has 0 saturated carbocycles. The second-order valence-electron chi connectivity index (χ2n) is 17.7. The first-order valence-electron chi connectivity index (χ1n) is 27.4. The molecule has 0 amide bonds. The Hall–Kier alpha value is -3.93. The van der Waals surface area contributed by atoms with E-state index in [1.54, 1.807) is 0 Å². The molecular weight excluding hydrogens is 829 g/mol. The van der Waals surface area contributed by atoms with Gasteiger partial charge >= 0.3 is 17.9 Å². The van der Waals surface area contributed by atoms with Crippen LogP contribution >= 0.6 is 0 Å². The average Bonchev–Trinajstić information content (AvgIpc) is 3.33. The van der Waals surface area contributed by atoms with Crippen molar-refractivity contribution in [2.24, 2.45) is 0 Å². The lowest BCUT2D eigenvalue weighted by Crippen LogP contribution is -2.30. The molecular formula is C61H100O6. The minimum Gasteiger partial charge on any atom is -0.462 e. The number of ether oxygens (including phenoxy) is 3. The van der Waals surface area contributed by atoms with Crippen LogP contribution in [0.2, 0.25) is 0 Å². The third-order valence-electron chi connectivity index (χ3n) is 11.2. The zero-order valence-electron chi connectivity index (χ0n) is 43.4. The van der Waals surface area contributed by atoms with Gasteiger partial charge in [0.05, 0.1) is 0 Å². The van der Waals surface area contributed by atoms with Gasteiger partial charge in [-0.2, -0.15) is 0 Å². The molecule has 0 aliphatic heterocycles. The number of allylic oxidation sites excluding steroid dienone is 18. The summed E-state index contributed by atoms with van der Waals surface area (Å²) in [6, 6.07) is 0. The maximum Gasteiger partial charge on any atom is 0.306 e. The Balaban J connectivity index is 4.47. The van der Waals surface area contributed by atoms with Gasteiger partial charge in [0.1, 0.15) is 13.2 Å². The summed E-state index contributed by atoms with van der Waals surface area (Å²) in [5.41, 5.74) is 0. The van der Waals surface area contributed by atoms with Crippen molar-refractivity contribution < 1.29 is 28.6 Å². The van der Waals surface area contributed by atoms with Crippen LogP contribution in [-0.2, 0) is 28.6 Å². The van der Waals surface area contributed by atoms with Crippen molar-refractivity contribution >= 4 is 17.9 Å². The molecule has 6 heteroatoms. The number of unbranched alkanes of at least 4 members (excludes halogenated alkanes) is 19. The summed E-state index contributed by atoms with van der Waals surface area (Å²) in [6.45, 7) is 6.33. The molecule has 0 rings (SSSR count). The molecule has 0 radical (unpaired) electrons. The number of esters is 3. The molecule has 0 N–H and O–H groups in total. The van der Waals surface area contributed by atoms with Gasteiger partial charge in [-0.25, -0.2) is 0 Å². The SMILES string of the molecule is CC/C=C\C/C=C\C/C=C\C/C=C\CCCCC(=O)O[C@H](COC(=O)CCCCCCC/C=C\C/C=C\C/C=C\CC)COC(=O)CCCCCCCCCCC/C=C\C/C=C\CCCCC. The van der Waals surface area contributed by atoms with Crippen LogP contribution in [0.3, 0.4) is 0 Å². The Labute approximate surface area is 412 Å². The fraction of sp³-hybridized carbons (Fsp3) is 0.656. The Bertz CT molecular complexity index is 1390. The van der Waals surface area contributed by atoms with Crippen molar-refractivity contribution in [3.8, 4) is 0 Å². The maximum absolute atomic E-state index is 12.8. The quantitative estimate of drug-likeness (QED) is 0.0262. The molecule has 0 unspecified atom stereocenters. The van der Waals surface area contributed by atoms with Crippen LogP contribution in [0.5, 0.6) is 0 Å². The van der Waals surface area contributed by atoms with Crippen molar-refractivity contribution in [1.29, 1.82) is 0 Å². The van der Waals surface area contributed by atoms with Gasteiger partial charge in [0.2, 0.25) is 0 Å². The Morgan fingerprint density at radius 3 is 0.940 bits per heavy atom. The smallest absolute Gasteiger partial charge is 0.306 e. The predicted octanol–water partition coefficient (Wildman–Crippen LogP) is 18.3. The number of hydrogen-bond acceptors (Lipinski definition) is 6. The molecule has 0 aromatic carbocycles. The summed E-state index contributed by atoms with van der Waals surface area (Å²) in [7, 11) is 0. The van der Waals surface area contributed by atoms with E-state index in [0.29, 0.717) is 19.3 Å². The summed E-state index contributed by atoms with van der Waals surface area (Å²) in [4.78, 5) is 38.1. The standard InChI is InChI=1S/C61H100O6/c1-4-7-10-13-16-19-22-25-28-29-30-31-34-36-39-42-45-48-51-54-60(63)66-57-58(67-61(64)55-52-49-46-43-40-37-33-27-24-21-18-15-12-9-6-3)56-65-59(62)53-50-47-44-41-38-35-32-26-23-20-17-14-11-8-5-2/h8-9,11-12,16-21,25-28,32-33,40,43,58H,4-7,10,13-15,22-24,29-31,34-39,41-42,44-57H2,1-3H3/b11-8-,12-9-,19-16-,20-17-,21-18-,28-25-,32-26-,33-27-,43-40-/t58-/m1/s1. The molecule has 6 nitrogen and oxygen atoms in total. The number of hydrogen-bond donors (Lipinski definition) is 0. The van der Waals surface area contributed by atoms with Gasteiger partial charge in [-0.15, -0.1) is 0 Å². The summed E-state index contributed by atoms with van der Waals surface area (Å²) in [5, 5.41) is 0. The van der Waals surface area contributed by atoms with Gasteiger partial charge in [-0.05, 0) is 122 Å². The van der Waals surface area contributed by atoms with E-state index in [4.69, 9.17) is 14.2 Å². The molecule has 0 saturated heterocycles. The largest absolute Gasteiger partial charge is 0.462 e. The molecule has 0 aromatic rings. The Morgan fingerprint density at radius 1 is 0.313 bits per heavy atom. The van der Waals surface area contributed by atoms with Gasteiger partial charge in [0.15, 0.2) is 6.10 Å². The van der Waals surface area contributed by atoms with Crippen molar-refractivity contribution in [2.75, 3.05) is 13.2 Å². The van der Waals surface area contributed by atoms with Gasteiger partial charge < -0.3 is 14.2 Å². The van der Waals surface area contributed by atoms with E-state index in [1.165, 1.54) is 70.6 Å². The molecule has 0 bridgehead atoms. The van der Waals surface area contributed by atoms with E-state index < -0.39 is 6.10 Å². The van der Waals surface area contributed by atoms with Crippen molar-refractivity contribution in [3.05, 3.63) is 109 Å². The zero-order valence-corrected chi connectivity index (χ0v) is 43.4. The lowest BCUT2D eigenvalue weighted by molar-refractivity contribution is -0.167. The summed E-state index contributed by atoms with van der Waals surface area (Å²) >= 11 is 0. The molecule has 380 valence electrons. The molecule has 67 heavy (non-hydrogen) atoms. The highest BCUT2D eigenvalue weighted by Gasteiger charge is 2.19. The predicted molar refractivity (Wildman–Crippen MR) is 288 cm³/mol. The van der Waals surface area contributed by atoms with E-state index >= 15 is 0 Å². The average molecular weight is 929 g/mol. The van der Waals surface area contributed by atoms with Crippen LogP contribution in [0, 0.1) is 0 Å². The molecule has 0 aliphatic rings. The van der Waals surface area contributed by atoms with Crippen molar-refractivity contribution in [2.45, 2.75) is 245 Å². The highest BCUT2D eigenvalue weighted by Crippen LogP contribution is 2.14. The third-order valence-corrected chi connectivity index (χ3v) is 11.2. The van der Waals surface area contributed by atoms with E-state index in [-0.39, 0.29) is 37.5 Å². The second-order valence-corrected chi connectivity index (χ2v) is 17.7. The number of carbonyl (C=O) groups is 3. The fourth-order valence-corrected chi connectivity index (χ4v) is 7.18. The molecule has 0 spiro atoms. The van der Waals surface area contributed by atoms with E-state index in [1.807, 2.05) is 0 Å². The monoisotopic (exact) mass is 929 g/mol. The molecule has 0 aromatic heterocycles. The Kier molecular flexibility index (Phi) is 51.5. The van der Waals surface area contributed by atoms with Crippen LogP contribution in [-0.4, -0.2) is 37.2 Å². The minimum absolute atomic E-state index is 0.104. The number of rotatable bonds is 48. The van der Waals surface area contributed by atoms with Gasteiger partial charge in [-0.3, -0.25) is 14.4 Å². The van der Waals surface area contributed by atoms with Crippen LogP contribution < -0.4 is 0 Å². The number of carbonyl (C=O) groups excluding carboxylic acids is 3. The first-order chi connectivity index (χ1) is 33.0. The molecule has 0 fully saturated rings. The van der Waals surface area contributed by atoms with Crippen LogP contribution in [0.4, 0.5) is 0 Å². The molecule has 0 heterocycles. The molecule has 1 atom stereocenters. The first kappa shape index (κ1) is 63.1.